The summed E-state index contributed by atoms with van der Waals surface area (Å²) in [5, 5.41) is 3.71. The minimum Gasteiger partial charge on any atom is -0.371 e. The maximum Gasteiger partial charge on any atom is 0.111 e. The zero-order chi connectivity index (χ0) is 17.4. The molecule has 0 radical (unpaired) electrons. The van der Waals surface area contributed by atoms with Gasteiger partial charge in [0.15, 0.2) is 0 Å². The highest BCUT2D eigenvalue weighted by atomic mass is 15.1. The van der Waals surface area contributed by atoms with Crippen molar-refractivity contribution < 1.29 is 0 Å². The summed E-state index contributed by atoms with van der Waals surface area (Å²) in [6, 6.07) is 9.31. The van der Waals surface area contributed by atoms with E-state index < -0.39 is 0 Å². The summed E-state index contributed by atoms with van der Waals surface area (Å²) in [6.45, 7) is 1.96. The number of benzene rings is 1. The number of rotatable bonds is 3. The molecule has 4 aliphatic rings. The average molecular weight is 349 g/mol. The molecule has 1 N–H and O–H groups in total. The zero-order valence-electron chi connectivity index (χ0n) is 16.0. The topological polar surface area (TPSA) is 24.4 Å². The summed E-state index contributed by atoms with van der Waals surface area (Å²) in [5.74, 6) is 2.75. The minimum absolute atomic E-state index is 0.0281. The Hall–Kier alpha value is -1.57. The fourth-order valence-corrected chi connectivity index (χ4v) is 6.21. The normalized spacial score (nSPS) is 29.8. The van der Waals surface area contributed by atoms with Gasteiger partial charge in [0.05, 0.1) is 12.0 Å². The third kappa shape index (κ3) is 2.56. The lowest BCUT2D eigenvalue weighted by atomic mass is 9.65. The van der Waals surface area contributed by atoms with Crippen molar-refractivity contribution in [3.05, 3.63) is 41.5 Å². The Morgan fingerprint density at radius 2 is 1.62 bits per heavy atom. The molecule has 1 atom stereocenters. The van der Waals surface area contributed by atoms with Crippen molar-refractivity contribution in [2.24, 2.45) is 16.8 Å². The van der Waals surface area contributed by atoms with Crippen LogP contribution in [0.15, 0.2) is 35.3 Å². The number of nitrogens with one attached hydrogen (secondary N) is 1. The third-order valence-electron chi connectivity index (χ3n) is 7.43. The quantitative estimate of drug-likeness (QED) is 0.768. The van der Waals surface area contributed by atoms with Gasteiger partial charge in [-0.3, -0.25) is 4.99 Å². The largest absolute Gasteiger partial charge is 0.371 e. The predicted octanol–water partition coefficient (Wildman–Crippen LogP) is 5.48. The second kappa shape index (κ2) is 6.87. The Labute approximate surface area is 158 Å². The van der Waals surface area contributed by atoms with Crippen LogP contribution in [0.4, 0.5) is 0 Å². The fraction of sp³-hybridized carbons (Fsp3) is 0.625. The molecular weight excluding hydrogens is 316 g/mol. The van der Waals surface area contributed by atoms with Crippen LogP contribution in [0.5, 0.6) is 0 Å². The summed E-state index contributed by atoms with van der Waals surface area (Å²) < 4.78 is 0. The highest BCUT2D eigenvalue weighted by molar-refractivity contribution is 6.02. The number of nitrogens with zero attached hydrogens (tertiary/aromatic N) is 1. The first kappa shape index (κ1) is 16.6. The van der Waals surface area contributed by atoms with Crippen molar-refractivity contribution in [2.45, 2.75) is 69.6 Å². The fourth-order valence-electron chi connectivity index (χ4n) is 6.21. The van der Waals surface area contributed by atoms with Gasteiger partial charge in [-0.2, -0.15) is 0 Å². The molecule has 5 rings (SSSR count). The summed E-state index contributed by atoms with van der Waals surface area (Å²) in [5.41, 5.74) is 4.78. The first-order chi connectivity index (χ1) is 12.9. The molecule has 1 heterocycles. The Kier molecular flexibility index (Phi) is 4.38. The standard InChI is InChI=1S/C24H32N2/c1-3-9-18(10-4-1)21-17-24(23-25-15-16-26-23,19-11-5-2-6-12-19)22-14-8-7-13-20(21)22/h7-8,13-14,17-19H,1-6,9-12,15-16H2,(H,25,26). The van der Waals surface area contributed by atoms with E-state index in [-0.39, 0.29) is 5.41 Å². The van der Waals surface area contributed by atoms with E-state index in [1.54, 1.807) is 16.7 Å². The molecule has 3 aliphatic carbocycles. The monoisotopic (exact) mass is 348 g/mol. The van der Waals surface area contributed by atoms with Crippen LogP contribution in [0.2, 0.25) is 0 Å². The summed E-state index contributed by atoms with van der Waals surface area (Å²) in [7, 11) is 0. The van der Waals surface area contributed by atoms with Crippen LogP contribution in [0, 0.1) is 11.8 Å². The van der Waals surface area contributed by atoms with E-state index in [0.29, 0.717) is 5.92 Å². The molecule has 2 nitrogen and oxygen atoms in total. The zero-order valence-corrected chi connectivity index (χ0v) is 16.0. The summed E-state index contributed by atoms with van der Waals surface area (Å²) in [6.07, 6.45) is 16.6. The van der Waals surface area contributed by atoms with Crippen LogP contribution >= 0.6 is 0 Å². The number of allylic oxidation sites excluding steroid dienone is 1. The Balaban J connectivity index is 1.66. The van der Waals surface area contributed by atoms with E-state index in [1.165, 1.54) is 70.0 Å². The number of hydrogen-bond donors (Lipinski definition) is 1. The first-order valence-electron chi connectivity index (χ1n) is 11.0. The van der Waals surface area contributed by atoms with Gasteiger partial charge in [0, 0.05) is 6.54 Å². The molecule has 2 saturated carbocycles. The SMILES string of the molecule is C1=C(C2CCCCC2)c2ccccc2C1(C1=NCCN1)C1CCCCC1. The van der Waals surface area contributed by atoms with Crippen LogP contribution in [-0.4, -0.2) is 18.9 Å². The van der Waals surface area contributed by atoms with Crippen LogP contribution in [0.25, 0.3) is 5.57 Å². The lowest BCUT2D eigenvalue weighted by molar-refractivity contribution is 0.297. The van der Waals surface area contributed by atoms with Crippen LogP contribution in [0.3, 0.4) is 0 Å². The van der Waals surface area contributed by atoms with Crippen molar-refractivity contribution in [3.8, 4) is 0 Å². The van der Waals surface area contributed by atoms with Gasteiger partial charge in [-0.05, 0) is 54.2 Å². The van der Waals surface area contributed by atoms with E-state index in [1.807, 2.05) is 0 Å². The second-order valence-corrected chi connectivity index (χ2v) is 8.84. The van der Waals surface area contributed by atoms with E-state index in [9.17, 15) is 0 Å². The van der Waals surface area contributed by atoms with Gasteiger partial charge in [-0.1, -0.05) is 68.9 Å². The number of fused-ring (bicyclic) bond motifs is 1. The predicted molar refractivity (Wildman–Crippen MR) is 110 cm³/mol. The summed E-state index contributed by atoms with van der Waals surface area (Å²) in [4.78, 5) is 5.00. The lowest BCUT2D eigenvalue weighted by Gasteiger charge is -2.40. The van der Waals surface area contributed by atoms with Gasteiger partial charge in [0.1, 0.15) is 5.84 Å². The number of aliphatic imine (C=N–C) groups is 1. The minimum atomic E-state index is 0.0281. The molecular formula is C24H32N2. The molecule has 0 amide bonds. The van der Waals surface area contributed by atoms with E-state index >= 15 is 0 Å². The highest BCUT2D eigenvalue weighted by Crippen LogP contribution is 2.53. The van der Waals surface area contributed by atoms with Crippen LogP contribution in [-0.2, 0) is 5.41 Å². The van der Waals surface area contributed by atoms with Crippen LogP contribution < -0.4 is 5.32 Å². The molecule has 1 unspecified atom stereocenters. The Morgan fingerprint density at radius 1 is 0.885 bits per heavy atom. The van der Waals surface area contributed by atoms with E-state index in [0.717, 1.165) is 19.0 Å². The second-order valence-electron chi connectivity index (χ2n) is 8.84. The maximum absolute atomic E-state index is 5.00. The molecule has 2 heteroatoms. The molecule has 1 aromatic rings. The van der Waals surface area contributed by atoms with Crippen LogP contribution in [0.1, 0.15) is 75.3 Å². The molecule has 0 saturated heterocycles. The number of hydrogen-bond acceptors (Lipinski definition) is 2. The smallest absolute Gasteiger partial charge is 0.111 e. The highest BCUT2D eigenvalue weighted by Gasteiger charge is 2.49. The van der Waals surface area contributed by atoms with Gasteiger partial charge in [0.2, 0.25) is 0 Å². The molecule has 1 aliphatic heterocycles. The molecule has 1 aromatic carbocycles. The van der Waals surface area contributed by atoms with Crippen molar-refractivity contribution >= 4 is 11.4 Å². The lowest BCUT2D eigenvalue weighted by Crippen LogP contribution is -2.46. The molecule has 138 valence electrons. The van der Waals surface area contributed by atoms with Gasteiger partial charge < -0.3 is 5.32 Å². The number of amidine groups is 1. The van der Waals surface area contributed by atoms with Crippen molar-refractivity contribution in [1.82, 2.24) is 5.32 Å². The van der Waals surface area contributed by atoms with Gasteiger partial charge >= 0.3 is 0 Å². The van der Waals surface area contributed by atoms with E-state index in [4.69, 9.17) is 4.99 Å². The van der Waals surface area contributed by atoms with Crippen molar-refractivity contribution in [1.29, 1.82) is 0 Å². The average Bonchev–Trinajstić information content (AvgIpc) is 3.37. The third-order valence-corrected chi connectivity index (χ3v) is 7.43. The molecule has 0 spiro atoms. The summed E-state index contributed by atoms with van der Waals surface area (Å²) >= 11 is 0. The molecule has 2 fully saturated rings. The van der Waals surface area contributed by atoms with E-state index in [2.05, 4.69) is 35.7 Å². The van der Waals surface area contributed by atoms with Gasteiger partial charge in [-0.25, -0.2) is 0 Å². The Bertz CT molecular complexity index is 719. The molecule has 26 heavy (non-hydrogen) atoms. The first-order valence-corrected chi connectivity index (χ1v) is 11.0. The van der Waals surface area contributed by atoms with Gasteiger partial charge in [-0.15, -0.1) is 0 Å². The molecule has 0 bridgehead atoms. The van der Waals surface area contributed by atoms with Crippen molar-refractivity contribution in [3.63, 3.8) is 0 Å². The Morgan fingerprint density at radius 3 is 2.35 bits per heavy atom. The van der Waals surface area contributed by atoms with Gasteiger partial charge in [0.25, 0.3) is 0 Å². The molecule has 0 aromatic heterocycles. The van der Waals surface area contributed by atoms with Crippen molar-refractivity contribution in [2.75, 3.05) is 13.1 Å². The maximum atomic E-state index is 5.00.